The first kappa shape index (κ1) is 25.4. The van der Waals surface area contributed by atoms with Gasteiger partial charge in [0.2, 0.25) is 0 Å². The zero-order valence-electron chi connectivity index (χ0n) is 24.3. The third kappa shape index (κ3) is 4.18. The summed E-state index contributed by atoms with van der Waals surface area (Å²) in [5, 5.41) is 2.49. The van der Waals surface area contributed by atoms with Crippen LogP contribution in [0.4, 0.5) is 0 Å². The molecule has 1 aliphatic rings. The van der Waals surface area contributed by atoms with Crippen LogP contribution in [0, 0.1) is 0 Å². The lowest BCUT2D eigenvalue weighted by Gasteiger charge is -2.21. The van der Waals surface area contributed by atoms with Gasteiger partial charge in [0.05, 0.1) is 11.4 Å². The molecule has 0 radical (unpaired) electrons. The summed E-state index contributed by atoms with van der Waals surface area (Å²) in [5.41, 5.74) is 12.4. The summed E-state index contributed by atoms with van der Waals surface area (Å²) in [5.74, 6) is 0.754. The molecule has 0 amide bonds. The van der Waals surface area contributed by atoms with E-state index in [1.165, 1.54) is 38.6 Å². The molecule has 0 aliphatic heterocycles. The van der Waals surface area contributed by atoms with Gasteiger partial charge < -0.3 is 0 Å². The summed E-state index contributed by atoms with van der Waals surface area (Å²) >= 11 is 0. The van der Waals surface area contributed by atoms with Gasteiger partial charge in [-0.2, -0.15) is 0 Å². The van der Waals surface area contributed by atoms with Crippen LogP contribution in [0.5, 0.6) is 0 Å². The number of nitrogens with zero attached hydrogens (tertiary/aromatic N) is 2. The number of benzene rings is 6. The van der Waals surface area contributed by atoms with Crippen LogP contribution < -0.4 is 0 Å². The van der Waals surface area contributed by atoms with Crippen LogP contribution in [0.25, 0.3) is 66.8 Å². The van der Waals surface area contributed by atoms with Gasteiger partial charge in [0.15, 0.2) is 5.82 Å². The summed E-state index contributed by atoms with van der Waals surface area (Å²) in [7, 11) is 0. The monoisotopic (exact) mass is 550 g/mol. The van der Waals surface area contributed by atoms with Crippen LogP contribution in [0.1, 0.15) is 25.1 Å². The molecular formula is C41H30N2. The van der Waals surface area contributed by atoms with Gasteiger partial charge in [-0.15, -0.1) is 0 Å². The molecule has 0 saturated heterocycles. The molecule has 8 rings (SSSR count). The van der Waals surface area contributed by atoms with Gasteiger partial charge in [0.1, 0.15) is 0 Å². The first-order valence-electron chi connectivity index (χ1n) is 14.8. The number of rotatable bonds is 4. The number of hydrogen-bond donors (Lipinski definition) is 0. The van der Waals surface area contributed by atoms with Crippen molar-refractivity contribution in [2.24, 2.45) is 0 Å². The van der Waals surface area contributed by atoms with Crippen molar-refractivity contribution in [3.63, 3.8) is 0 Å². The molecular weight excluding hydrogens is 520 g/mol. The van der Waals surface area contributed by atoms with Crippen LogP contribution in [0.3, 0.4) is 0 Å². The van der Waals surface area contributed by atoms with Crippen molar-refractivity contribution in [1.29, 1.82) is 0 Å². The summed E-state index contributed by atoms with van der Waals surface area (Å²) in [6.45, 7) is 4.59. The van der Waals surface area contributed by atoms with Crippen molar-refractivity contribution in [3.8, 4) is 56.0 Å². The molecule has 6 aromatic carbocycles. The van der Waals surface area contributed by atoms with E-state index in [1.54, 1.807) is 0 Å². The second kappa shape index (κ2) is 9.89. The Kier molecular flexibility index (Phi) is 5.84. The molecule has 0 unspecified atom stereocenters. The fourth-order valence-electron chi connectivity index (χ4n) is 6.62. The lowest BCUT2D eigenvalue weighted by molar-refractivity contribution is 0.636. The Morgan fingerprint density at radius 2 is 1.00 bits per heavy atom. The van der Waals surface area contributed by atoms with Crippen LogP contribution in [-0.2, 0) is 5.41 Å². The average Bonchev–Trinajstić information content (AvgIpc) is 3.31. The SMILES string of the molecule is CC1(C)c2ccc3ccccc3c2-c2c(-c3ccccc3)nc(-c3cccc(-c4cccc(-c5ccccc5)c4)c3)nc21. The minimum absolute atomic E-state index is 0.266. The molecule has 2 nitrogen and oxygen atoms in total. The van der Waals surface area contributed by atoms with E-state index in [9.17, 15) is 0 Å². The van der Waals surface area contributed by atoms with Crippen molar-refractivity contribution in [1.82, 2.24) is 9.97 Å². The van der Waals surface area contributed by atoms with E-state index in [2.05, 4.69) is 159 Å². The molecule has 0 bridgehead atoms. The average molecular weight is 551 g/mol. The zero-order chi connectivity index (χ0) is 29.0. The van der Waals surface area contributed by atoms with Crippen LogP contribution in [0.15, 0.2) is 146 Å². The van der Waals surface area contributed by atoms with Crippen molar-refractivity contribution in [2.75, 3.05) is 0 Å². The molecule has 0 saturated carbocycles. The zero-order valence-corrected chi connectivity index (χ0v) is 24.3. The quantitative estimate of drug-likeness (QED) is 0.218. The van der Waals surface area contributed by atoms with Crippen LogP contribution >= 0.6 is 0 Å². The fourth-order valence-corrected chi connectivity index (χ4v) is 6.62. The molecule has 0 fully saturated rings. The van der Waals surface area contributed by atoms with E-state index in [0.717, 1.165) is 39.5 Å². The van der Waals surface area contributed by atoms with Gasteiger partial charge >= 0.3 is 0 Å². The van der Waals surface area contributed by atoms with Gasteiger partial charge in [-0.1, -0.05) is 147 Å². The Labute approximate surface area is 252 Å². The molecule has 0 spiro atoms. The highest BCUT2D eigenvalue weighted by Crippen LogP contribution is 2.53. The maximum absolute atomic E-state index is 5.37. The van der Waals surface area contributed by atoms with Crippen LogP contribution in [0.2, 0.25) is 0 Å². The second-order valence-electron chi connectivity index (χ2n) is 11.8. The Balaban J connectivity index is 1.33. The second-order valence-corrected chi connectivity index (χ2v) is 11.8. The summed E-state index contributed by atoms with van der Waals surface area (Å²) in [6.07, 6.45) is 0. The maximum atomic E-state index is 5.37. The number of fused-ring (bicyclic) bond motifs is 5. The van der Waals surface area contributed by atoms with Gasteiger partial charge in [0, 0.05) is 22.1 Å². The number of aromatic nitrogens is 2. The molecule has 0 atom stereocenters. The molecule has 2 heteroatoms. The van der Waals surface area contributed by atoms with Crippen molar-refractivity contribution in [2.45, 2.75) is 19.3 Å². The lowest BCUT2D eigenvalue weighted by atomic mass is 9.84. The maximum Gasteiger partial charge on any atom is 0.160 e. The standard InChI is InChI=1S/C41H30N2/c1-41(2)35-24-23-28-15-9-10-22-34(28)36(35)37-38(29-16-7-4-8-17-29)42-40(43-39(37)41)33-21-12-20-32(26-33)31-19-11-18-30(25-31)27-13-5-3-6-14-27/h3-26H,1-2H3. The number of hydrogen-bond acceptors (Lipinski definition) is 2. The Morgan fingerprint density at radius 1 is 0.442 bits per heavy atom. The van der Waals surface area contributed by atoms with Crippen molar-refractivity contribution >= 4 is 10.8 Å². The van der Waals surface area contributed by atoms with E-state index < -0.39 is 0 Å². The van der Waals surface area contributed by atoms with E-state index >= 15 is 0 Å². The van der Waals surface area contributed by atoms with Crippen molar-refractivity contribution < 1.29 is 0 Å². The van der Waals surface area contributed by atoms with Crippen molar-refractivity contribution in [3.05, 3.63) is 157 Å². The van der Waals surface area contributed by atoms with Gasteiger partial charge in [-0.05, 0) is 56.3 Å². The first-order valence-corrected chi connectivity index (χ1v) is 14.8. The Morgan fingerprint density at radius 3 is 1.72 bits per heavy atom. The summed E-state index contributed by atoms with van der Waals surface area (Å²) in [6, 6.07) is 51.7. The molecule has 0 N–H and O–H groups in total. The lowest BCUT2D eigenvalue weighted by Crippen LogP contribution is -2.17. The highest BCUT2D eigenvalue weighted by atomic mass is 14.9. The van der Waals surface area contributed by atoms with Gasteiger partial charge in [-0.3, -0.25) is 0 Å². The van der Waals surface area contributed by atoms with E-state index in [0.29, 0.717) is 0 Å². The fraction of sp³-hybridized carbons (Fsp3) is 0.0732. The van der Waals surface area contributed by atoms with Crippen LogP contribution in [-0.4, -0.2) is 9.97 Å². The predicted molar refractivity (Wildman–Crippen MR) is 179 cm³/mol. The summed E-state index contributed by atoms with van der Waals surface area (Å²) in [4.78, 5) is 10.7. The molecule has 1 aromatic heterocycles. The topological polar surface area (TPSA) is 25.8 Å². The Bertz CT molecular complexity index is 2140. The van der Waals surface area contributed by atoms with E-state index in [-0.39, 0.29) is 5.41 Å². The first-order chi connectivity index (χ1) is 21.1. The third-order valence-corrected chi connectivity index (χ3v) is 8.82. The van der Waals surface area contributed by atoms with E-state index in [4.69, 9.17) is 9.97 Å². The molecule has 7 aromatic rings. The van der Waals surface area contributed by atoms with Gasteiger partial charge in [0.25, 0.3) is 0 Å². The normalized spacial score (nSPS) is 13.1. The smallest absolute Gasteiger partial charge is 0.160 e. The minimum atomic E-state index is -0.266. The molecule has 1 aliphatic carbocycles. The predicted octanol–water partition coefficient (Wildman–Crippen LogP) is 10.6. The molecule has 1 heterocycles. The summed E-state index contributed by atoms with van der Waals surface area (Å²) < 4.78 is 0. The third-order valence-electron chi connectivity index (χ3n) is 8.82. The van der Waals surface area contributed by atoms with E-state index in [1.807, 2.05) is 0 Å². The highest BCUT2D eigenvalue weighted by molar-refractivity contribution is 6.05. The largest absolute Gasteiger partial charge is 0.231 e. The van der Waals surface area contributed by atoms with Gasteiger partial charge in [-0.25, -0.2) is 9.97 Å². The highest BCUT2D eigenvalue weighted by Gasteiger charge is 2.40. The minimum Gasteiger partial charge on any atom is -0.231 e. The molecule has 204 valence electrons. The molecule has 43 heavy (non-hydrogen) atoms. The Hall–Kier alpha value is -5.34.